The Morgan fingerprint density at radius 3 is 2.50 bits per heavy atom. The van der Waals surface area contributed by atoms with Gasteiger partial charge in [-0.2, -0.15) is 0 Å². The van der Waals surface area contributed by atoms with Crippen molar-refractivity contribution in [3.8, 4) is 0 Å². The van der Waals surface area contributed by atoms with Crippen LogP contribution in [0.3, 0.4) is 0 Å². The molecule has 4 heterocycles. The lowest BCUT2D eigenvalue weighted by Gasteiger charge is -2.32. The number of rotatable bonds is 7. The van der Waals surface area contributed by atoms with Crippen molar-refractivity contribution >= 4 is 17.2 Å². The highest BCUT2D eigenvalue weighted by Crippen LogP contribution is 2.36. The van der Waals surface area contributed by atoms with Gasteiger partial charge in [0.25, 0.3) is 11.5 Å². The maximum Gasteiger partial charge on any atom is 0.255 e. The second kappa shape index (κ2) is 9.98. The molecule has 6 heteroatoms. The molecule has 184 valence electrons. The third-order valence-corrected chi connectivity index (χ3v) is 9.61. The van der Waals surface area contributed by atoms with Gasteiger partial charge in [-0.3, -0.25) is 9.59 Å². The third-order valence-electron chi connectivity index (χ3n) is 8.19. The van der Waals surface area contributed by atoms with Crippen molar-refractivity contribution < 1.29 is 4.79 Å². The van der Waals surface area contributed by atoms with E-state index in [-0.39, 0.29) is 11.5 Å². The smallest absolute Gasteiger partial charge is 0.255 e. The number of nitrogens with one attached hydrogen (secondary N) is 1. The van der Waals surface area contributed by atoms with Crippen molar-refractivity contribution in [3.05, 3.63) is 54.1 Å². The molecular weight excluding hydrogens is 442 g/mol. The predicted molar refractivity (Wildman–Crippen MR) is 139 cm³/mol. The van der Waals surface area contributed by atoms with Crippen molar-refractivity contribution in [2.75, 3.05) is 26.2 Å². The number of aromatic amines is 1. The molecule has 0 radical (unpaired) electrons. The number of amides is 1. The molecule has 1 saturated heterocycles. The van der Waals surface area contributed by atoms with Crippen molar-refractivity contribution in [1.29, 1.82) is 0 Å². The Kier molecular flexibility index (Phi) is 6.99. The van der Waals surface area contributed by atoms with Crippen molar-refractivity contribution in [3.63, 3.8) is 0 Å². The number of pyridine rings is 1. The van der Waals surface area contributed by atoms with E-state index < -0.39 is 0 Å². The van der Waals surface area contributed by atoms with E-state index in [9.17, 15) is 9.59 Å². The Balaban J connectivity index is 1.24. The van der Waals surface area contributed by atoms with Crippen LogP contribution in [-0.2, 0) is 19.4 Å². The molecule has 34 heavy (non-hydrogen) atoms. The van der Waals surface area contributed by atoms with Gasteiger partial charge in [0.15, 0.2) is 0 Å². The topological polar surface area (TPSA) is 56.4 Å². The number of carbonyl (C=O) groups excluding carboxylic acids is 1. The largest absolute Gasteiger partial charge is 0.334 e. The lowest BCUT2D eigenvalue weighted by Crippen LogP contribution is -2.35. The number of fused-ring (bicyclic) bond motifs is 1. The first-order chi connectivity index (χ1) is 16.4. The Bertz CT molecular complexity index is 1110. The zero-order valence-electron chi connectivity index (χ0n) is 21.0. The normalized spacial score (nSPS) is 20.0. The van der Waals surface area contributed by atoms with Gasteiger partial charge in [0.1, 0.15) is 0 Å². The van der Waals surface area contributed by atoms with Crippen LogP contribution in [0.5, 0.6) is 0 Å². The van der Waals surface area contributed by atoms with Gasteiger partial charge in [-0.05, 0) is 114 Å². The fourth-order valence-electron chi connectivity index (χ4n) is 5.89. The lowest BCUT2D eigenvalue weighted by atomic mass is 9.91. The number of nitrogens with zero attached hydrogens (tertiary/aromatic N) is 2. The average Bonchev–Trinajstić information content (AvgIpc) is 3.57. The van der Waals surface area contributed by atoms with E-state index in [0.29, 0.717) is 18.7 Å². The summed E-state index contributed by atoms with van der Waals surface area (Å²) in [5.41, 5.74) is 4.59. The zero-order chi connectivity index (χ0) is 23.8. The van der Waals surface area contributed by atoms with Crippen LogP contribution in [0.25, 0.3) is 0 Å². The van der Waals surface area contributed by atoms with E-state index in [1.165, 1.54) is 67.1 Å². The fraction of sp³-hybridized carbons (Fsp3) is 0.643. The molecule has 0 aromatic carbocycles. The van der Waals surface area contributed by atoms with E-state index in [4.69, 9.17) is 0 Å². The molecule has 1 saturated carbocycles. The van der Waals surface area contributed by atoms with Crippen molar-refractivity contribution in [2.45, 2.75) is 78.7 Å². The minimum Gasteiger partial charge on any atom is -0.334 e. The minimum absolute atomic E-state index is 0.0688. The van der Waals surface area contributed by atoms with Gasteiger partial charge in [-0.1, -0.05) is 0 Å². The van der Waals surface area contributed by atoms with Crippen LogP contribution < -0.4 is 5.56 Å². The molecule has 5 rings (SSSR count). The highest BCUT2D eigenvalue weighted by atomic mass is 32.1. The van der Waals surface area contributed by atoms with E-state index in [1.807, 2.05) is 36.2 Å². The summed E-state index contributed by atoms with van der Waals surface area (Å²) >= 11 is 1.88. The predicted octanol–water partition coefficient (Wildman–Crippen LogP) is 5.00. The van der Waals surface area contributed by atoms with E-state index in [1.54, 1.807) is 0 Å². The first-order valence-corrected chi connectivity index (χ1v) is 14.0. The maximum atomic E-state index is 13.6. The monoisotopic (exact) mass is 481 g/mol. The van der Waals surface area contributed by atoms with Crippen LogP contribution in [0.2, 0.25) is 0 Å². The molecular formula is C28H39N3O2S. The second-order valence-electron chi connectivity index (χ2n) is 10.9. The second-order valence-corrected chi connectivity index (χ2v) is 12.1. The molecule has 2 aromatic heterocycles. The van der Waals surface area contributed by atoms with Gasteiger partial charge >= 0.3 is 0 Å². The number of aryl methyl sites for hydroxylation is 4. The minimum atomic E-state index is -0.0688. The summed E-state index contributed by atoms with van der Waals surface area (Å²) in [7, 11) is 0. The number of likely N-dealkylation sites (tertiary alicyclic amines) is 1. The Morgan fingerprint density at radius 2 is 1.79 bits per heavy atom. The molecule has 1 amide bonds. The first kappa shape index (κ1) is 23.8. The van der Waals surface area contributed by atoms with Gasteiger partial charge in [0.05, 0.1) is 12.1 Å². The Labute approximate surface area is 207 Å². The van der Waals surface area contributed by atoms with Crippen molar-refractivity contribution in [1.82, 2.24) is 14.8 Å². The Morgan fingerprint density at radius 1 is 1.03 bits per heavy atom. The number of piperidine rings is 1. The maximum absolute atomic E-state index is 13.6. The number of thiophene rings is 1. The number of carbonyl (C=O) groups is 1. The summed E-state index contributed by atoms with van der Waals surface area (Å²) in [5.74, 6) is 1.92. The van der Waals surface area contributed by atoms with Gasteiger partial charge in [0, 0.05) is 34.1 Å². The van der Waals surface area contributed by atoms with E-state index >= 15 is 0 Å². The summed E-state index contributed by atoms with van der Waals surface area (Å²) in [6.45, 7) is 11.0. The van der Waals surface area contributed by atoms with Gasteiger partial charge in [-0.25, -0.2) is 0 Å². The van der Waals surface area contributed by atoms with E-state index in [0.717, 1.165) is 47.9 Å². The molecule has 2 aliphatic heterocycles. The Hall–Kier alpha value is -1.92. The average molecular weight is 482 g/mol. The summed E-state index contributed by atoms with van der Waals surface area (Å²) < 4.78 is 0. The molecule has 1 aliphatic carbocycles. The van der Waals surface area contributed by atoms with Crippen molar-refractivity contribution in [2.24, 2.45) is 11.8 Å². The van der Waals surface area contributed by atoms with Crippen LogP contribution in [0.1, 0.15) is 81.0 Å². The SMILES string of the molecule is Cc1cc(C)c(CN2CCCc3sc(CCC4CCN(CC5CC5)CC4)c(C)c3C2=O)c(=O)[nH]1. The van der Waals surface area contributed by atoms with Gasteiger partial charge in [0.2, 0.25) is 0 Å². The highest BCUT2D eigenvalue weighted by Gasteiger charge is 2.30. The molecule has 2 fully saturated rings. The number of hydrogen-bond donors (Lipinski definition) is 1. The molecule has 3 aliphatic rings. The molecule has 2 aromatic rings. The van der Waals surface area contributed by atoms with Gasteiger partial charge < -0.3 is 14.8 Å². The number of aromatic nitrogens is 1. The molecule has 1 N–H and O–H groups in total. The summed E-state index contributed by atoms with van der Waals surface area (Å²) in [6, 6.07) is 1.99. The molecule has 0 atom stereocenters. The summed E-state index contributed by atoms with van der Waals surface area (Å²) in [5, 5.41) is 0. The number of hydrogen-bond acceptors (Lipinski definition) is 4. The quantitative estimate of drug-likeness (QED) is 0.605. The summed E-state index contributed by atoms with van der Waals surface area (Å²) in [4.78, 5) is 36.3. The van der Waals surface area contributed by atoms with Crippen LogP contribution in [-0.4, -0.2) is 46.9 Å². The molecule has 0 bridgehead atoms. The fourth-order valence-corrected chi connectivity index (χ4v) is 7.25. The van der Waals surface area contributed by atoms with Gasteiger partial charge in [-0.15, -0.1) is 11.3 Å². The van der Waals surface area contributed by atoms with Crippen LogP contribution >= 0.6 is 11.3 Å². The first-order valence-electron chi connectivity index (χ1n) is 13.2. The molecule has 0 spiro atoms. The highest BCUT2D eigenvalue weighted by molar-refractivity contribution is 7.12. The zero-order valence-corrected chi connectivity index (χ0v) is 21.9. The van der Waals surface area contributed by atoms with E-state index in [2.05, 4.69) is 16.8 Å². The third kappa shape index (κ3) is 5.18. The van der Waals surface area contributed by atoms with Crippen LogP contribution in [0.4, 0.5) is 0 Å². The summed E-state index contributed by atoms with van der Waals surface area (Å²) in [6.07, 6.45) is 9.81. The lowest BCUT2D eigenvalue weighted by molar-refractivity contribution is 0.0747. The van der Waals surface area contributed by atoms with Crippen LogP contribution in [0, 0.1) is 32.6 Å². The number of H-pyrrole nitrogens is 1. The van der Waals surface area contributed by atoms with Crippen LogP contribution in [0.15, 0.2) is 10.9 Å². The molecule has 5 nitrogen and oxygen atoms in total. The molecule has 0 unspecified atom stereocenters. The standard InChI is InChI=1S/C28H39N3O2S/c1-18-15-19(2)29-27(32)23(18)17-31-12-4-5-25-26(28(31)33)20(3)24(34-25)9-8-21-10-13-30(14-11-21)16-22-6-7-22/h15,21-22H,4-14,16-17H2,1-3H3,(H,29,32).